The Hall–Kier alpha value is -1.41. The summed E-state index contributed by atoms with van der Waals surface area (Å²) in [7, 11) is 0. The monoisotopic (exact) mass is 260 g/mol. The Morgan fingerprint density at radius 1 is 1.17 bits per heavy atom. The standard InChI is InChI=1S/C15H17ClN2/c1-3-5-13-10-14(16)18-15(17-13)9-12-7-4-6-11(2)8-12/h4,6-8,10H,3,5,9H2,1-2H3. The molecule has 0 spiro atoms. The van der Waals surface area contributed by atoms with Crippen LogP contribution in [0.1, 0.15) is 36.0 Å². The highest BCUT2D eigenvalue weighted by atomic mass is 35.5. The molecule has 0 radical (unpaired) electrons. The Morgan fingerprint density at radius 3 is 2.72 bits per heavy atom. The minimum absolute atomic E-state index is 0.538. The lowest BCUT2D eigenvalue weighted by Gasteiger charge is -2.05. The molecule has 0 aliphatic rings. The summed E-state index contributed by atoms with van der Waals surface area (Å²) in [5.41, 5.74) is 3.50. The fourth-order valence-corrected chi connectivity index (χ4v) is 2.21. The van der Waals surface area contributed by atoms with Gasteiger partial charge in [0.25, 0.3) is 0 Å². The van der Waals surface area contributed by atoms with Crippen LogP contribution in [0.3, 0.4) is 0 Å². The molecule has 0 saturated carbocycles. The minimum Gasteiger partial charge on any atom is -0.237 e. The van der Waals surface area contributed by atoms with Gasteiger partial charge in [-0.2, -0.15) is 0 Å². The summed E-state index contributed by atoms with van der Waals surface area (Å²) < 4.78 is 0. The highest BCUT2D eigenvalue weighted by Gasteiger charge is 2.04. The van der Waals surface area contributed by atoms with Gasteiger partial charge in [-0.05, 0) is 25.0 Å². The maximum atomic E-state index is 6.03. The van der Waals surface area contributed by atoms with E-state index in [1.807, 2.05) is 6.07 Å². The Kier molecular flexibility index (Phi) is 4.32. The molecule has 0 unspecified atom stereocenters. The second-order valence-corrected chi connectivity index (χ2v) is 4.90. The van der Waals surface area contributed by atoms with Gasteiger partial charge >= 0.3 is 0 Å². The Balaban J connectivity index is 2.23. The van der Waals surface area contributed by atoms with E-state index in [2.05, 4.69) is 48.1 Å². The van der Waals surface area contributed by atoms with Crippen molar-refractivity contribution in [2.75, 3.05) is 0 Å². The van der Waals surface area contributed by atoms with E-state index < -0.39 is 0 Å². The molecule has 3 heteroatoms. The number of halogens is 1. The van der Waals surface area contributed by atoms with Crippen LogP contribution in [0, 0.1) is 6.92 Å². The summed E-state index contributed by atoms with van der Waals surface area (Å²) in [6.07, 6.45) is 2.75. The highest BCUT2D eigenvalue weighted by molar-refractivity contribution is 6.29. The van der Waals surface area contributed by atoms with Crippen LogP contribution in [-0.2, 0) is 12.8 Å². The molecule has 0 aliphatic heterocycles. The lowest BCUT2D eigenvalue weighted by Crippen LogP contribution is -2.01. The van der Waals surface area contributed by atoms with Crippen molar-refractivity contribution in [2.45, 2.75) is 33.1 Å². The van der Waals surface area contributed by atoms with Gasteiger partial charge in [-0.25, -0.2) is 9.97 Å². The lowest BCUT2D eigenvalue weighted by molar-refractivity contribution is 0.841. The van der Waals surface area contributed by atoms with Crippen LogP contribution in [0.25, 0.3) is 0 Å². The first-order valence-corrected chi connectivity index (χ1v) is 6.63. The van der Waals surface area contributed by atoms with Gasteiger partial charge in [-0.3, -0.25) is 0 Å². The maximum absolute atomic E-state index is 6.03. The molecule has 94 valence electrons. The molecule has 2 rings (SSSR count). The third-order valence-electron chi connectivity index (χ3n) is 2.75. The number of nitrogens with zero attached hydrogens (tertiary/aromatic N) is 2. The van der Waals surface area contributed by atoms with Crippen LogP contribution in [0.5, 0.6) is 0 Å². The number of rotatable bonds is 4. The van der Waals surface area contributed by atoms with Crippen LogP contribution in [0.15, 0.2) is 30.3 Å². The summed E-state index contributed by atoms with van der Waals surface area (Å²) in [6.45, 7) is 4.22. The molecule has 0 aliphatic carbocycles. The molecule has 1 heterocycles. The van der Waals surface area contributed by atoms with E-state index in [1.165, 1.54) is 11.1 Å². The highest BCUT2D eigenvalue weighted by Crippen LogP contribution is 2.13. The van der Waals surface area contributed by atoms with Gasteiger partial charge in [0, 0.05) is 12.1 Å². The molecule has 0 amide bonds. The molecule has 2 aromatic rings. The molecular weight excluding hydrogens is 244 g/mol. The van der Waals surface area contributed by atoms with Crippen molar-refractivity contribution in [2.24, 2.45) is 0 Å². The zero-order valence-corrected chi connectivity index (χ0v) is 11.5. The average molecular weight is 261 g/mol. The van der Waals surface area contributed by atoms with Gasteiger partial charge in [-0.1, -0.05) is 54.8 Å². The van der Waals surface area contributed by atoms with Crippen LogP contribution >= 0.6 is 11.6 Å². The SMILES string of the molecule is CCCc1cc(Cl)nc(Cc2cccc(C)c2)n1. The van der Waals surface area contributed by atoms with Crippen LogP contribution in [0.2, 0.25) is 5.15 Å². The van der Waals surface area contributed by atoms with E-state index >= 15 is 0 Å². The number of aryl methyl sites for hydroxylation is 2. The molecule has 2 nitrogen and oxygen atoms in total. The van der Waals surface area contributed by atoms with Crippen molar-refractivity contribution >= 4 is 11.6 Å². The van der Waals surface area contributed by atoms with E-state index in [0.29, 0.717) is 5.15 Å². The van der Waals surface area contributed by atoms with Crippen molar-refractivity contribution < 1.29 is 0 Å². The third kappa shape index (κ3) is 3.54. The molecule has 18 heavy (non-hydrogen) atoms. The fourth-order valence-electron chi connectivity index (χ4n) is 1.98. The van der Waals surface area contributed by atoms with E-state index in [1.54, 1.807) is 0 Å². The smallest absolute Gasteiger partial charge is 0.134 e. The summed E-state index contributed by atoms with van der Waals surface area (Å²) in [6, 6.07) is 10.2. The summed E-state index contributed by atoms with van der Waals surface area (Å²) in [5.74, 6) is 0.802. The quantitative estimate of drug-likeness (QED) is 0.777. The van der Waals surface area contributed by atoms with E-state index in [0.717, 1.165) is 30.8 Å². The second kappa shape index (κ2) is 5.96. The van der Waals surface area contributed by atoms with E-state index in [-0.39, 0.29) is 0 Å². The lowest BCUT2D eigenvalue weighted by atomic mass is 10.1. The first-order valence-electron chi connectivity index (χ1n) is 6.25. The van der Waals surface area contributed by atoms with Crippen molar-refractivity contribution in [1.29, 1.82) is 0 Å². The molecule has 0 bridgehead atoms. The van der Waals surface area contributed by atoms with Crippen molar-refractivity contribution in [3.8, 4) is 0 Å². The van der Waals surface area contributed by atoms with E-state index in [4.69, 9.17) is 11.6 Å². The topological polar surface area (TPSA) is 25.8 Å². The maximum Gasteiger partial charge on any atom is 0.134 e. The van der Waals surface area contributed by atoms with E-state index in [9.17, 15) is 0 Å². The van der Waals surface area contributed by atoms with Gasteiger partial charge in [0.05, 0.1) is 0 Å². The van der Waals surface area contributed by atoms with Crippen LogP contribution in [0.4, 0.5) is 0 Å². The normalized spacial score (nSPS) is 10.6. The zero-order chi connectivity index (χ0) is 13.0. The van der Waals surface area contributed by atoms with Gasteiger partial charge < -0.3 is 0 Å². The molecule has 0 atom stereocenters. The number of hydrogen-bond donors (Lipinski definition) is 0. The van der Waals surface area contributed by atoms with Crippen molar-refractivity contribution in [3.05, 3.63) is 58.1 Å². The fraction of sp³-hybridized carbons (Fsp3) is 0.333. The Morgan fingerprint density at radius 2 is 2.00 bits per heavy atom. The zero-order valence-electron chi connectivity index (χ0n) is 10.8. The average Bonchev–Trinajstić information content (AvgIpc) is 2.28. The van der Waals surface area contributed by atoms with Crippen LogP contribution in [-0.4, -0.2) is 9.97 Å². The Labute approximate surface area is 113 Å². The van der Waals surface area contributed by atoms with Gasteiger partial charge in [-0.15, -0.1) is 0 Å². The first-order chi connectivity index (χ1) is 8.67. The third-order valence-corrected chi connectivity index (χ3v) is 2.94. The van der Waals surface area contributed by atoms with Crippen LogP contribution < -0.4 is 0 Å². The van der Waals surface area contributed by atoms with Crippen molar-refractivity contribution in [3.63, 3.8) is 0 Å². The molecule has 0 fully saturated rings. The summed E-state index contributed by atoms with van der Waals surface area (Å²) in [5, 5.41) is 0.538. The van der Waals surface area contributed by atoms with Gasteiger partial charge in [0.15, 0.2) is 0 Å². The second-order valence-electron chi connectivity index (χ2n) is 4.51. The van der Waals surface area contributed by atoms with Gasteiger partial charge in [0.2, 0.25) is 0 Å². The summed E-state index contributed by atoms with van der Waals surface area (Å²) in [4.78, 5) is 8.85. The largest absolute Gasteiger partial charge is 0.237 e. The summed E-state index contributed by atoms with van der Waals surface area (Å²) >= 11 is 6.03. The molecule has 0 saturated heterocycles. The number of benzene rings is 1. The van der Waals surface area contributed by atoms with Gasteiger partial charge in [0.1, 0.15) is 11.0 Å². The number of aromatic nitrogens is 2. The molecular formula is C15H17ClN2. The molecule has 0 N–H and O–H groups in total. The predicted molar refractivity (Wildman–Crippen MR) is 75.0 cm³/mol. The molecule has 1 aromatic heterocycles. The minimum atomic E-state index is 0.538. The molecule has 1 aromatic carbocycles. The predicted octanol–water partition coefficient (Wildman–Crippen LogP) is 3.98. The Bertz CT molecular complexity index is 538. The first kappa shape index (κ1) is 13.0. The van der Waals surface area contributed by atoms with Crippen molar-refractivity contribution in [1.82, 2.24) is 9.97 Å². The number of hydrogen-bond acceptors (Lipinski definition) is 2.